The van der Waals surface area contributed by atoms with E-state index in [2.05, 4.69) is 14.8 Å². The summed E-state index contributed by atoms with van der Waals surface area (Å²) < 4.78 is 28.0. The first-order chi connectivity index (χ1) is 12.5. The summed E-state index contributed by atoms with van der Waals surface area (Å²) in [6, 6.07) is 11.5. The van der Waals surface area contributed by atoms with Crippen molar-refractivity contribution >= 4 is 17.6 Å². The number of rotatable bonds is 6. The third-order valence-electron chi connectivity index (χ3n) is 3.50. The first kappa shape index (κ1) is 19.0. The van der Waals surface area contributed by atoms with Crippen LogP contribution >= 0.6 is 0 Å². The number of carbonyl (C=O) groups excluding carboxylic acids is 2. The summed E-state index contributed by atoms with van der Waals surface area (Å²) in [5, 5.41) is 2.81. The number of carbonyl (C=O) groups is 2. The highest BCUT2D eigenvalue weighted by molar-refractivity contribution is 5.98. The Bertz CT molecular complexity index is 848. The number of halogens is 1. The molecule has 2 aromatic rings. The molecule has 0 heterocycles. The molecule has 0 aliphatic carbocycles. The minimum Gasteiger partial charge on any atom is -0.494 e. The molecule has 0 saturated carbocycles. The molecular formula is C19H18FNO5. The van der Waals surface area contributed by atoms with Crippen molar-refractivity contribution in [2.45, 2.75) is 0 Å². The molecule has 0 amide bonds. The molecule has 1 N–H and O–H groups in total. The van der Waals surface area contributed by atoms with Gasteiger partial charge in [0.2, 0.25) is 0 Å². The van der Waals surface area contributed by atoms with Crippen LogP contribution in [0, 0.1) is 5.82 Å². The average Bonchev–Trinajstić information content (AvgIpc) is 2.66. The molecule has 0 fully saturated rings. The molecule has 0 spiro atoms. The largest absolute Gasteiger partial charge is 0.494 e. The lowest BCUT2D eigenvalue weighted by Gasteiger charge is -2.11. The fourth-order valence-corrected chi connectivity index (χ4v) is 2.21. The predicted molar refractivity (Wildman–Crippen MR) is 94.1 cm³/mol. The lowest BCUT2D eigenvalue weighted by atomic mass is 10.0. The molecule has 0 aliphatic rings. The van der Waals surface area contributed by atoms with E-state index < -0.39 is 17.8 Å². The van der Waals surface area contributed by atoms with Gasteiger partial charge in [0, 0.05) is 5.69 Å². The van der Waals surface area contributed by atoms with E-state index in [-0.39, 0.29) is 11.4 Å². The minimum absolute atomic E-state index is 0.0857. The zero-order valence-corrected chi connectivity index (χ0v) is 14.5. The summed E-state index contributed by atoms with van der Waals surface area (Å²) in [5.41, 5.74) is 1.76. The molecule has 0 aliphatic heterocycles. The number of benzene rings is 2. The van der Waals surface area contributed by atoms with Crippen molar-refractivity contribution < 1.29 is 28.2 Å². The quantitative estimate of drug-likeness (QED) is 0.631. The van der Waals surface area contributed by atoms with Crippen LogP contribution in [-0.4, -0.2) is 33.3 Å². The third-order valence-corrected chi connectivity index (χ3v) is 3.50. The maximum atomic E-state index is 13.9. The summed E-state index contributed by atoms with van der Waals surface area (Å²) in [6.45, 7) is 0. The highest BCUT2D eigenvalue weighted by atomic mass is 19.1. The van der Waals surface area contributed by atoms with Gasteiger partial charge < -0.3 is 19.5 Å². The van der Waals surface area contributed by atoms with Gasteiger partial charge in [0.05, 0.1) is 27.4 Å². The van der Waals surface area contributed by atoms with Crippen LogP contribution < -0.4 is 10.1 Å². The van der Waals surface area contributed by atoms with Crippen molar-refractivity contribution in [3.05, 3.63) is 60.1 Å². The molecule has 2 aromatic carbocycles. The molecule has 6 nitrogen and oxygen atoms in total. The number of ether oxygens (including phenoxy) is 3. The van der Waals surface area contributed by atoms with Crippen molar-refractivity contribution in [2.75, 3.05) is 26.6 Å². The minimum atomic E-state index is -0.726. The summed E-state index contributed by atoms with van der Waals surface area (Å²) in [6.07, 6.45) is 0.992. The van der Waals surface area contributed by atoms with Gasteiger partial charge in [-0.2, -0.15) is 0 Å². The molecule has 26 heavy (non-hydrogen) atoms. The van der Waals surface area contributed by atoms with Gasteiger partial charge in [-0.1, -0.05) is 18.2 Å². The monoisotopic (exact) mass is 359 g/mol. The second-order valence-electron chi connectivity index (χ2n) is 5.13. The summed E-state index contributed by atoms with van der Waals surface area (Å²) in [4.78, 5) is 23.2. The summed E-state index contributed by atoms with van der Waals surface area (Å²) in [5.74, 6) is -1.76. The van der Waals surface area contributed by atoms with Crippen molar-refractivity contribution in [3.63, 3.8) is 0 Å². The number of hydrogen-bond acceptors (Lipinski definition) is 6. The van der Waals surface area contributed by atoms with Crippen LogP contribution in [-0.2, 0) is 19.1 Å². The number of esters is 2. The number of hydrogen-bond donors (Lipinski definition) is 1. The maximum absolute atomic E-state index is 13.9. The normalized spacial score (nSPS) is 10.8. The predicted octanol–water partition coefficient (Wildman–Crippen LogP) is 3.14. The molecule has 2 rings (SSSR count). The zero-order chi connectivity index (χ0) is 19.1. The standard InChI is InChI=1S/C19H18FNO5/c1-24-17-8-7-13(10-15(17)20)12-5-4-6-14(9-12)21-16(19(23)26-3)11-18(22)25-2/h4-11,21H,1-3H3/b16-11+. The molecular weight excluding hydrogens is 341 g/mol. The molecule has 7 heteroatoms. The topological polar surface area (TPSA) is 73.9 Å². The third kappa shape index (κ3) is 4.60. The highest BCUT2D eigenvalue weighted by Crippen LogP contribution is 2.27. The van der Waals surface area contributed by atoms with Crippen LogP contribution in [0.5, 0.6) is 5.75 Å². The number of anilines is 1. The molecule has 0 bridgehead atoms. The molecule has 0 atom stereocenters. The Morgan fingerprint density at radius 3 is 2.35 bits per heavy atom. The fraction of sp³-hybridized carbons (Fsp3) is 0.158. The van der Waals surface area contributed by atoms with E-state index in [4.69, 9.17) is 4.74 Å². The lowest BCUT2D eigenvalue weighted by Crippen LogP contribution is -2.15. The van der Waals surface area contributed by atoms with Crippen molar-refractivity contribution in [2.24, 2.45) is 0 Å². The Morgan fingerprint density at radius 1 is 1.00 bits per heavy atom. The van der Waals surface area contributed by atoms with Gasteiger partial charge in [0.1, 0.15) is 5.70 Å². The smallest absolute Gasteiger partial charge is 0.354 e. The molecule has 0 radical (unpaired) electrons. The SMILES string of the molecule is COC(=O)/C=C(/Nc1cccc(-c2ccc(OC)c(F)c2)c1)C(=O)OC. The van der Waals surface area contributed by atoms with E-state index in [0.29, 0.717) is 16.8 Å². The number of methoxy groups -OCH3 is 3. The Kier molecular flexibility index (Phi) is 6.32. The van der Waals surface area contributed by atoms with Crippen LogP contribution in [0.3, 0.4) is 0 Å². The zero-order valence-electron chi connectivity index (χ0n) is 14.5. The van der Waals surface area contributed by atoms with E-state index >= 15 is 0 Å². The van der Waals surface area contributed by atoms with Crippen LogP contribution in [0.25, 0.3) is 11.1 Å². The van der Waals surface area contributed by atoms with Crippen molar-refractivity contribution in [1.29, 1.82) is 0 Å². The summed E-state index contributed by atoms with van der Waals surface area (Å²) >= 11 is 0. The molecule has 0 aromatic heterocycles. The second-order valence-corrected chi connectivity index (χ2v) is 5.13. The Labute approximate surface area is 150 Å². The van der Waals surface area contributed by atoms with Gasteiger partial charge in [0.15, 0.2) is 11.6 Å². The number of nitrogens with one attached hydrogen (secondary N) is 1. The van der Waals surface area contributed by atoms with Gasteiger partial charge >= 0.3 is 11.9 Å². The average molecular weight is 359 g/mol. The first-order valence-electron chi connectivity index (χ1n) is 7.57. The molecule has 0 saturated heterocycles. The highest BCUT2D eigenvalue weighted by Gasteiger charge is 2.13. The van der Waals surface area contributed by atoms with Crippen LogP contribution in [0.2, 0.25) is 0 Å². The van der Waals surface area contributed by atoms with Gasteiger partial charge in [-0.3, -0.25) is 0 Å². The lowest BCUT2D eigenvalue weighted by molar-refractivity contribution is -0.138. The van der Waals surface area contributed by atoms with Crippen LogP contribution in [0.1, 0.15) is 0 Å². The van der Waals surface area contributed by atoms with Gasteiger partial charge in [-0.25, -0.2) is 14.0 Å². The van der Waals surface area contributed by atoms with Crippen LogP contribution in [0.15, 0.2) is 54.2 Å². The molecule has 0 unspecified atom stereocenters. The van der Waals surface area contributed by atoms with Gasteiger partial charge in [-0.15, -0.1) is 0 Å². The van der Waals surface area contributed by atoms with Gasteiger partial charge in [-0.05, 0) is 35.4 Å². The molecule has 136 valence electrons. The van der Waals surface area contributed by atoms with Crippen LogP contribution in [0.4, 0.5) is 10.1 Å². The van der Waals surface area contributed by atoms with E-state index in [1.807, 2.05) is 0 Å². The van der Waals surface area contributed by atoms with E-state index in [9.17, 15) is 14.0 Å². The Morgan fingerprint density at radius 2 is 1.73 bits per heavy atom. The van der Waals surface area contributed by atoms with E-state index in [0.717, 1.165) is 6.08 Å². The maximum Gasteiger partial charge on any atom is 0.354 e. The Balaban J connectivity index is 2.33. The summed E-state index contributed by atoms with van der Waals surface area (Å²) in [7, 11) is 3.79. The second kappa shape index (κ2) is 8.66. The first-order valence-corrected chi connectivity index (χ1v) is 7.57. The van der Waals surface area contributed by atoms with Crippen molar-refractivity contribution in [3.8, 4) is 16.9 Å². The van der Waals surface area contributed by atoms with Crippen molar-refractivity contribution in [1.82, 2.24) is 0 Å². The fourth-order valence-electron chi connectivity index (χ4n) is 2.21. The van der Waals surface area contributed by atoms with Gasteiger partial charge in [0.25, 0.3) is 0 Å². The van der Waals surface area contributed by atoms with E-state index in [1.165, 1.54) is 33.5 Å². The Hall–Kier alpha value is -3.35. The van der Waals surface area contributed by atoms with E-state index in [1.54, 1.807) is 30.3 Å².